The minimum atomic E-state index is -4.50. The number of nitrogens with two attached hydrogens (primary N) is 1. The number of hydrogen-bond acceptors (Lipinski definition) is 5. The Kier molecular flexibility index (Phi) is 6.30. The quantitative estimate of drug-likeness (QED) is 0.717. The van der Waals surface area contributed by atoms with Gasteiger partial charge in [-0.3, -0.25) is 9.59 Å². The summed E-state index contributed by atoms with van der Waals surface area (Å²) < 4.78 is 37.0. The fourth-order valence-electron chi connectivity index (χ4n) is 1.35. The number of nitrogens with zero attached hydrogens (tertiary/aromatic N) is 1. The van der Waals surface area contributed by atoms with Gasteiger partial charge >= 0.3 is 6.18 Å². The summed E-state index contributed by atoms with van der Waals surface area (Å²) in [6.45, 7) is 3.11. The molecule has 124 valence electrons. The SMILES string of the molecule is CC(C)[C@H](N)C(=O)NCC(=O)NCc1nc(C(F)(F)F)cs1. The molecule has 1 rings (SSSR count). The van der Waals surface area contributed by atoms with Gasteiger partial charge < -0.3 is 16.4 Å². The van der Waals surface area contributed by atoms with E-state index in [9.17, 15) is 22.8 Å². The normalized spacial score (nSPS) is 13.0. The fourth-order valence-corrected chi connectivity index (χ4v) is 2.09. The van der Waals surface area contributed by atoms with E-state index in [0.717, 1.165) is 16.7 Å². The number of aromatic nitrogens is 1. The molecule has 6 nitrogen and oxygen atoms in total. The van der Waals surface area contributed by atoms with Crippen molar-refractivity contribution in [2.24, 2.45) is 11.7 Å². The predicted octanol–water partition coefficient (Wildman–Crippen LogP) is 0.878. The molecule has 0 unspecified atom stereocenters. The first-order valence-electron chi connectivity index (χ1n) is 6.43. The highest BCUT2D eigenvalue weighted by atomic mass is 32.1. The fraction of sp³-hybridized carbons (Fsp3) is 0.583. The maximum Gasteiger partial charge on any atom is 0.434 e. The van der Waals surface area contributed by atoms with E-state index in [-0.39, 0.29) is 24.0 Å². The molecule has 0 aliphatic heterocycles. The second-order valence-electron chi connectivity index (χ2n) is 4.89. The molecule has 0 radical (unpaired) electrons. The van der Waals surface area contributed by atoms with Crippen LogP contribution < -0.4 is 16.4 Å². The summed E-state index contributed by atoms with van der Waals surface area (Å²) in [6.07, 6.45) is -4.50. The van der Waals surface area contributed by atoms with Crippen molar-refractivity contribution < 1.29 is 22.8 Å². The Bertz CT molecular complexity index is 531. The zero-order valence-electron chi connectivity index (χ0n) is 12.0. The molecular formula is C12H17F3N4O2S. The summed E-state index contributed by atoms with van der Waals surface area (Å²) in [5.41, 5.74) is 4.61. The summed E-state index contributed by atoms with van der Waals surface area (Å²) in [6, 6.07) is -0.721. The first-order chi connectivity index (χ1) is 10.1. The van der Waals surface area contributed by atoms with Gasteiger partial charge in [0.2, 0.25) is 11.8 Å². The number of halogens is 3. The molecule has 1 aromatic heterocycles. The van der Waals surface area contributed by atoms with E-state index < -0.39 is 29.7 Å². The zero-order chi connectivity index (χ0) is 16.9. The highest BCUT2D eigenvalue weighted by Crippen LogP contribution is 2.29. The van der Waals surface area contributed by atoms with Crippen LogP contribution in [-0.4, -0.2) is 29.4 Å². The number of carbonyl (C=O) groups excluding carboxylic acids is 2. The third-order valence-corrected chi connectivity index (χ3v) is 3.57. The van der Waals surface area contributed by atoms with Gasteiger partial charge in [-0.15, -0.1) is 11.3 Å². The molecule has 1 atom stereocenters. The van der Waals surface area contributed by atoms with Crippen molar-refractivity contribution in [2.75, 3.05) is 6.54 Å². The maximum absolute atomic E-state index is 12.3. The lowest BCUT2D eigenvalue weighted by Gasteiger charge is -2.14. The lowest BCUT2D eigenvalue weighted by Crippen LogP contribution is -2.47. The lowest BCUT2D eigenvalue weighted by atomic mass is 10.1. The Morgan fingerprint density at radius 2 is 2.00 bits per heavy atom. The van der Waals surface area contributed by atoms with Gasteiger partial charge in [0.1, 0.15) is 5.01 Å². The van der Waals surface area contributed by atoms with Gasteiger partial charge in [0.25, 0.3) is 0 Å². The minimum Gasteiger partial charge on any atom is -0.348 e. The van der Waals surface area contributed by atoms with Crippen molar-refractivity contribution in [1.82, 2.24) is 15.6 Å². The number of alkyl halides is 3. The average molecular weight is 338 g/mol. The molecule has 0 saturated heterocycles. The van der Waals surface area contributed by atoms with E-state index in [0.29, 0.717) is 0 Å². The summed E-state index contributed by atoms with van der Waals surface area (Å²) in [5, 5.41) is 5.74. The second kappa shape index (κ2) is 7.54. The minimum absolute atomic E-state index is 0.0702. The molecule has 1 heterocycles. The first-order valence-corrected chi connectivity index (χ1v) is 7.30. The third-order valence-electron chi connectivity index (χ3n) is 2.72. The monoisotopic (exact) mass is 338 g/mol. The summed E-state index contributed by atoms with van der Waals surface area (Å²) in [5.74, 6) is -1.06. The Morgan fingerprint density at radius 1 is 1.36 bits per heavy atom. The molecule has 0 saturated carbocycles. The van der Waals surface area contributed by atoms with Crippen molar-refractivity contribution in [3.05, 3.63) is 16.1 Å². The lowest BCUT2D eigenvalue weighted by molar-refractivity contribution is -0.140. The second-order valence-corrected chi connectivity index (χ2v) is 5.83. The van der Waals surface area contributed by atoms with Crippen LogP contribution in [0, 0.1) is 5.92 Å². The number of amides is 2. The number of thiazole rings is 1. The molecule has 1 aromatic rings. The highest BCUT2D eigenvalue weighted by Gasteiger charge is 2.33. The molecule has 0 aromatic carbocycles. The summed E-state index contributed by atoms with van der Waals surface area (Å²) in [7, 11) is 0. The Morgan fingerprint density at radius 3 is 2.50 bits per heavy atom. The van der Waals surface area contributed by atoms with E-state index in [1.165, 1.54) is 0 Å². The van der Waals surface area contributed by atoms with Gasteiger partial charge in [0.05, 0.1) is 19.1 Å². The van der Waals surface area contributed by atoms with Gasteiger partial charge in [-0.25, -0.2) is 4.98 Å². The molecular weight excluding hydrogens is 321 g/mol. The van der Waals surface area contributed by atoms with E-state index in [4.69, 9.17) is 5.73 Å². The highest BCUT2D eigenvalue weighted by molar-refractivity contribution is 7.09. The van der Waals surface area contributed by atoms with Crippen molar-refractivity contribution in [1.29, 1.82) is 0 Å². The van der Waals surface area contributed by atoms with E-state index in [1.807, 2.05) is 0 Å². The van der Waals surface area contributed by atoms with Crippen LogP contribution in [-0.2, 0) is 22.3 Å². The topological polar surface area (TPSA) is 97.1 Å². The average Bonchev–Trinajstić information content (AvgIpc) is 2.90. The van der Waals surface area contributed by atoms with Gasteiger partial charge in [-0.2, -0.15) is 13.2 Å². The van der Waals surface area contributed by atoms with Crippen molar-refractivity contribution >= 4 is 23.2 Å². The molecule has 0 fully saturated rings. The molecule has 0 spiro atoms. The molecule has 4 N–H and O–H groups in total. The Labute approximate surface area is 129 Å². The molecule has 0 bridgehead atoms. The predicted molar refractivity (Wildman–Crippen MR) is 74.8 cm³/mol. The van der Waals surface area contributed by atoms with Crippen LogP contribution in [0.4, 0.5) is 13.2 Å². The molecule has 10 heteroatoms. The van der Waals surface area contributed by atoms with Crippen molar-refractivity contribution in [3.8, 4) is 0 Å². The Balaban J connectivity index is 2.38. The zero-order valence-corrected chi connectivity index (χ0v) is 12.8. The van der Waals surface area contributed by atoms with Crippen LogP contribution in [0.15, 0.2) is 5.38 Å². The van der Waals surface area contributed by atoms with Crippen LogP contribution in [0.2, 0.25) is 0 Å². The van der Waals surface area contributed by atoms with Gasteiger partial charge in [-0.1, -0.05) is 13.8 Å². The summed E-state index contributed by atoms with van der Waals surface area (Å²) in [4.78, 5) is 26.4. The number of rotatable bonds is 6. The maximum atomic E-state index is 12.3. The van der Waals surface area contributed by atoms with Crippen LogP contribution in [0.5, 0.6) is 0 Å². The number of nitrogens with one attached hydrogen (secondary N) is 2. The molecule has 22 heavy (non-hydrogen) atoms. The van der Waals surface area contributed by atoms with Gasteiger partial charge in [-0.05, 0) is 5.92 Å². The largest absolute Gasteiger partial charge is 0.434 e. The molecule has 0 aliphatic carbocycles. The van der Waals surface area contributed by atoms with E-state index >= 15 is 0 Å². The first kappa shape index (κ1) is 18.4. The Hall–Kier alpha value is -1.68. The van der Waals surface area contributed by atoms with Crippen LogP contribution >= 0.6 is 11.3 Å². The van der Waals surface area contributed by atoms with Crippen LogP contribution in [0.3, 0.4) is 0 Å². The number of hydrogen-bond donors (Lipinski definition) is 3. The number of carbonyl (C=O) groups is 2. The van der Waals surface area contributed by atoms with Gasteiger partial charge in [0.15, 0.2) is 5.69 Å². The van der Waals surface area contributed by atoms with Crippen LogP contribution in [0.1, 0.15) is 24.5 Å². The van der Waals surface area contributed by atoms with Crippen molar-refractivity contribution in [3.63, 3.8) is 0 Å². The van der Waals surface area contributed by atoms with Crippen LogP contribution in [0.25, 0.3) is 0 Å². The molecule has 2 amide bonds. The summed E-state index contributed by atoms with van der Waals surface area (Å²) >= 11 is 0.798. The van der Waals surface area contributed by atoms with E-state index in [2.05, 4.69) is 15.6 Å². The molecule has 0 aliphatic rings. The van der Waals surface area contributed by atoms with Crippen molar-refractivity contribution in [2.45, 2.75) is 32.6 Å². The standard InChI is InChI=1S/C12H17F3N4O2S/c1-6(2)10(16)11(21)18-3-8(20)17-4-9-19-7(5-22-9)12(13,14)15/h5-6,10H,3-4,16H2,1-2H3,(H,17,20)(H,18,21)/t10-/m0/s1. The third kappa shape index (κ3) is 5.60. The van der Waals surface area contributed by atoms with E-state index in [1.54, 1.807) is 13.8 Å². The smallest absolute Gasteiger partial charge is 0.348 e. The van der Waals surface area contributed by atoms with Gasteiger partial charge in [0, 0.05) is 5.38 Å².